The van der Waals surface area contributed by atoms with E-state index in [1.54, 1.807) is 30.3 Å². The molecule has 1 atom stereocenters. The lowest BCUT2D eigenvalue weighted by Gasteiger charge is -2.11. The van der Waals surface area contributed by atoms with Gasteiger partial charge >= 0.3 is 11.9 Å². The fraction of sp³-hybridized carbons (Fsp3) is 0.0909. The van der Waals surface area contributed by atoms with Crippen molar-refractivity contribution in [1.82, 2.24) is 9.55 Å². The van der Waals surface area contributed by atoms with Crippen LogP contribution in [0.15, 0.2) is 52.2 Å². The highest BCUT2D eigenvalue weighted by molar-refractivity contribution is 5.17. The van der Waals surface area contributed by atoms with Gasteiger partial charge in [-0.25, -0.2) is 9.36 Å². The summed E-state index contributed by atoms with van der Waals surface area (Å²) in [6, 6.07) is 9.16. The fourth-order valence-electron chi connectivity index (χ4n) is 1.63. The van der Waals surface area contributed by atoms with Crippen LogP contribution in [0.2, 0.25) is 0 Å². The van der Waals surface area contributed by atoms with E-state index in [9.17, 15) is 19.7 Å². The van der Waals surface area contributed by atoms with Crippen LogP contribution in [-0.2, 0) is 0 Å². The van der Waals surface area contributed by atoms with Gasteiger partial charge in [0.25, 0.3) is 5.56 Å². The minimum absolute atomic E-state index is 0.358. The van der Waals surface area contributed by atoms with Gasteiger partial charge in [-0.1, -0.05) is 30.3 Å². The Morgan fingerprint density at radius 3 is 2.39 bits per heavy atom. The normalized spacial score (nSPS) is 12.0. The summed E-state index contributed by atoms with van der Waals surface area (Å²) < 4.78 is 0.872. The van der Waals surface area contributed by atoms with E-state index < -0.39 is 22.3 Å². The van der Waals surface area contributed by atoms with Crippen molar-refractivity contribution in [2.24, 2.45) is 0 Å². The third kappa shape index (κ3) is 2.19. The van der Waals surface area contributed by atoms with Gasteiger partial charge in [0.2, 0.25) is 0 Å². The number of nitro groups is 1. The summed E-state index contributed by atoms with van der Waals surface area (Å²) in [5.41, 5.74) is -1.05. The molecule has 7 heteroatoms. The van der Waals surface area contributed by atoms with Crippen LogP contribution in [-0.4, -0.2) is 14.5 Å². The van der Waals surface area contributed by atoms with Gasteiger partial charge in [0.1, 0.15) is 0 Å². The Morgan fingerprint density at radius 1 is 1.17 bits per heavy atom. The van der Waals surface area contributed by atoms with Crippen LogP contribution in [0.25, 0.3) is 0 Å². The number of H-pyrrole nitrogens is 1. The third-order valence-corrected chi connectivity index (χ3v) is 2.41. The Labute approximate surface area is 100 Å². The zero-order chi connectivity index (χ0) is 13.1. The highest BCUT2D eigenvalue weighted by Crippen LogP contribution is 2.16. The van der Waals surface area contributed by atoms with Crippen LogP contribution in [0.1, 0.15) is 11.7 Å². The molecular formula is C11H9N3O4. The highest BCUT2D eigenvalue weighted by atomic mass is 16.6. The minimum Gasteiger partial charge on any atom is -0.274 e. The topological polar surface area (TPSA) is 98.0 Å². The molecule has 1 aromatic carbocycles. The summed E-state index contributed by atoms with van der Waals surface area (Å²) in [7, 11) is 0. The zero-order valence-electron chi connectivity index (χ0n) is 9.15. The van der Waals surface area contributed by atoms with Gasteiger partial charge in [0, 0.05) is 17.8 Å². The number of aromatic nitrogens is 2. The van der Waals surface area contributed by atoms with Crippen LogP contribution in [0.4, 0.5) is 0 Å². The highest BCUT2D eigenvalue weighted by Gasteiger charge is 2.25. The van der Waals surface area contributed by atoms with E-state index >= 15 is 0 Å². The third-order valence-electron chi connectivity index (χ3n) is 2.41. The lowest BCUT2D eigenvalue weighted by Crippen LogP contribution is -2.34. The van der Waals surface area contributed by atoms with Gasteiger partial charge in [0.05, 0.1) is 4.92 Å². The first kappa shape index (κ1) is 11.8. The molecule has 0 radical (unpaired) electrons. The smallest absolute Gasteiger partial charge is 0.274 e. The number of hydrogen-bond donors (Lipinski definition) is 1. The molecule has 0 amide bonds. The van der Waals surface area contributed by atoms with E-state index in [0.29, 0.717) is 5.56 Å². The number of benzene rings is 1. The first-order valence-corrected chi connectivity index (χ1v) is 5.09. The lowest BCUT2D eigenvalue weighted by molar-refractivity contribution is -0.536. The van der Waals surface area contributed by atoms with Crippen molar-refractivity contribution in [2.45, 2.75) is 6.17 Å². The lowest BCUT2D eigenvalue weighted by atomic mass is 10.2. The molecule has 0 spiro atoms. The molecule has 0 saturated carbocycles. The number of nitrogens with zero attached hydrogens (tertiary/aromatic N) is 2. The largest absolute Gasteiger partial charge is 0.333 e. The maximum Gasteiger partial charge on any atom is 0.333 e. The van der Waals surface area contributed by atoms with Crippen LogP contribution < -0.4 is 11.2 Å². The van der Waals surface area contributed by atoms with E-state index in [0.717, 1.165) is 16.8 Å². The van der Waals surface area contributed by atoms with Crippen molar-refractivity contribution in [3.63, 3.8) is 0 Å². The fourth-order valence-corrected chi connectivity index (χ4v) is 1.63. The van der Waals surface area contributed by atoms with E-state index in [2.05, 4.69) is 0 Å². The zero-order valence-corrected chi connectivity index (χ0v) is 9.15. The van der Waals surface area contributed by atoms with Crippen LogP contribution in [0.5, 0.6) is 0 Å². The molecule has 2 aromatic rings. The van der Waals surface area contributed by atoms with Gasteiger partial charge in [-0.05, 0) is 0 Å². The van der Waals surface area contributed by atoms with E-state index in [4.69, 9.17) is 0 Å². The van der Waals surface area contributed by atoms with Gasteiger partial charge in [-0.3, -0.25) is 19.9 Å². The monoisotopic (exact) mass is 247 g/mol. The van der Waals surface area contributed by atoms with Gasteiger partial charge in [0.15, 0.2) is 0 Å². The number of hydrogen-bond acceptors (Lipinski definition) is 4. The molecule has 7 nitrogen and oxygen atoms in total. The molecule has 0 saturated heterocycles. The number of aromatic amines is 1. The summed E-state index contributed by atoms with van der Waals surface area (Å²) in [4.78, 5) is 35.0. The molecule has 0 aliphatic carbocycles. The number of rotatable bonds is 3. The second-order valence-corrected chi connectivity index (χ2v) is 3.59. The molecule has 1 N–H and O–H groups in total. The molecular weight excluding hydrogens is 238 g/mol. The minimum atomic E-state index is -1.35. The molecule has 2 rings (SSSR count). The predicted molar refractivity (Wildman–Crippen MR) is 62.9 cm³/mol. The molecule has 18 heavy (non-hydrogen) atoms. The Bertz CT molecular complexity index is 674. The Balaban J connectivity index is 2.59. The van der Waals surface area contributed by atoms with Crippen LogP contribution in [0, 0.1) is 10.1 Å². The molecule has 0 aliphatic heterocycles. The van der Waals surface area contributed by atoms with Gasteiger partial charge in [-0.2, -0.15) is 0 Å². The maximum atomic E-state index is 11.6. The summed E-state index contributed by atoms with van der Waals surface area (Å²) in [5, 5.41) is 11.1. The van der Waals surface area contributed by atoms with Crippen molar-refractivity contribution < 1.29 is 4.92 Å². The van der Waals surface area contributed by atoms with E-state index in [1.165, 1.54) is 0 Å². The van der Waals surface area contributed by atoms with E-state index in [1.807, 2.05) is 4.98 Å². The Hall–Kier alpha value is -2.70. The molecule has 1 aromatic heterocycles. The SMILES string of the molecule is O=c1ccn(C(c2ccccc2)[N+](=O)[O-])c(=O)[nH]1. The second-order valence-electron chi connectivity index (χ2n) is 3.59. The number of nitrogens with one attached hydrogen (secondary N) is 1. The van der Waals surface area contributed by atoms with Gasteiger partial charge < -0.3 is 0 Å². The summed E-state index contributed by atoms with van der Waals surface area (Å²) in [6.07, 6.45) is -0.239. The molecule has 1 unspecified atom stereocenters. The Kier molecular flexibility index (Phi) is 3.05. The average Bonchev–Trinajstić information content (AvgIpc) is 2.33. The Morgan fingerprint density at radius 2 is 1.83 bits per heavy atom. The first-order chi connectivity index (χ1) is 8.59. The van der Waals surface area contributed by atoms with E-state index in [-0.39, 0.29) is 0 Å². The van der Waals surface area contributed by atoms with Crippen molar-refractivity contribution in [1.29, 1.82) is 0 Å². The maximum absolute atomic E-state index is 11.6. The summed E-state index contributed by atoms with van der Waals surface area (Å²) in [6.45, 7) is 0. The van der Waals surface area contributed by atoms with Crippen LogP contribution in [0.3, 0.4) is 0 Å². The molecule has 0 aliphatic rings. The second kappa shape index (κ2) is 4.66. The van der Waals surface area contributed by atoms with Crippen molar-refractivity contribution >= 4 is 0 Å². The first-order valence-electron chi connectivity index (χ1n) is 5.09. The average molecular weight is 247 g/mol. The summed E-state index contributed by atoms with van der Waals surface area (Å²) >= 11 is 0. The predicted octanol–water partition coefficient (Wildman–Crippen LogP) is 0.360. The van der Waals surface area contributed by atoms with Crippen LogP contribution >= 0.6 is 0 Å². The molecule has 1 heterocycles. The standard InChI is InChI=1S/C11H9N3O4/c15-9-6-7-13(11(16)12-9)10(14(17)18)8-4-2-1-3-5-8/h1-7,10H,(H,12,15,16). The molecule has 0 fully saturated rings. The van der Waals surface area contributed by atoms with Crippen molar-refractivity contribution in [3.8, 4) is 0 Å². The molecule has 0 bridgehead atoms. The quantitative estimate of drug-likeness (QED) is 0.625. The van der Waals surface area contributed by atoms with Crippen molar-refractivity contribution in [2.75, 3.05) is 0 Å². The van der Waals surface area contributed by atoms with Gasteiger partial charge in [-0.15, -0.1) is 0 Å². The molecule has 92 valence electrons. The summed E-state index contributed by atoms with van der Waals surface area (Å²) in [5.74, 6) is 0. The van der Waals surface area contributed by atoms with Crippen molar-refractivity contribution in [3.05, 3.63) is 79.1 Å².